The number of piperidine rings is 1. The van der Waals surface area contributed by atoms with Gasteiger partial charge >= 0.3 is 0 Å². The molecule has 0 N–H and O–H groups in total. The highest BCUT2D eigenvalue weighted by molar-refractivity contribution is 5.78. The molecule has 0 bridgehead atoms. The van der Waals surface area contributed by atoms with E-state index >= 15 is 0 Å². The molecule has 0 saturated carbocycles. The maximum Gasteiger partial charge on any atom is 0.133 e. The Morgan fingerprint density at radius 3 is 2.58 bits per heavy atom. The molecule has 1 saturated heterocycles. The molecule has 0 spiro atoms. The Bertz CT molecular complexity index is 383. The summed E-state index contributed by atoms with van der Waals surface area (Å²) in [7, 11) is 0. The summed E-state index contributed by atoms with van der Waals surface area (Å²) in [6.07, 6.45) is 3.09. The topological polar surface area (TPSA) is 29.5 Å². The maximum absolute atomic E-state index is 11.3. The fraction of sp³-hybridized carbons (Fsp3) is 0.562. The van der Waals surface area contributed by atoms with E-state index in [1.165, 1.54) is 0 Å². The van der Waals surface area contributed by atoms with Crippen LogP contribution in [0.1, 0.15) is 26.2 Å². The zero-order valence-corrected chi connectivity index (χ0v) is 11.7. The van der Waals surface area contributed by atoms with Gasteiger partial charge in [-0.2, -0.15) is 0 Å². The smallest absolute Gasteiger partial charge is 0.133 e. The second kappa shape index (κ2) is 7.29. The molecule has 0 aromatic heterocycles. The van der Waals surface area contributed by atoms with Gasteiger partial charge in [0.1, 0.15) is 11.5 Å². The Morgan fingerprint density at radius 1 is 1.26 bits per heavy atom. The zero-order valence-electron chi connectivity index (χ0n) is 11.7. The number of nitrogens with zero attached hydrogens (tertiary/aromatic N) is 1. The van der Waals surface area contributed by atoms with Gasteiger partial charge in [-0.1, -0.05) is 18.2 Å². The summed E-state index contributed by atoms with van der Waals surface area (Å²) in [4.78, 5) is 13.7. The first-order valence-electron chi connectivity index (χ1n) is 7.16. The molecular weight excluding hydrogens is 238 g/mol. The fourth-order valence-electron chi connectivity index (χ4n) is 2.56. The van der Waals surface area contributed by atoms with Crippen LogP contribution in [0, 0.1) is 5.92 Å². The Morgan fingerprint density at radius 2 is 1.95 bits per heavy atom. The molecule has 1 aliphatic heterocycles. The van der Waals surface area contributed by atoms with Crippen molar-refractivity contribution in [2.45, 2.75) is 26.2 Å². The van der Waals surface area contributed by atoms with Crippen molar-refractivity contribution in [1.82, 2.24) is 4.90 Å². The summed E-state index contributed by atoms with van der Waals surface area (Å²) in [5.41, 5.74) is 0. The SMILES string of the molecule is CC(=O)C1CCN(CCCOc2ccccc2)CC1. The van der Waals surface area contributed by atoms with Crippen molar-refractivity contribution in [2.75, 3.05) is 26.2 Å². The van der Waals surface area contributed by atoms with Gasteiger partial charge in [-0.15, -0.1) is 0 Å². The molecule has 0 radical (unpaired) electrons. The number of carbonyl (C=O) groups excluding carboxylic acids is 1. The van der Waals surface area contributed by atoms with Crippen molar-refractivity contribution in [3.05, 3.63) is 30.3 Å². The van der Waals surface area contributed by atoms with Crippen molar-refractivity contribution < 1.29 is 9.53 Å². The van der Waals surface area contributed by atoms with Crippen LogP contribution in [0.25, 0.3) is 0 Å². The van der Waals surface area contributed by atoms with Gasteiger partial charge in [0, 0.05) is 12.5 Å². The van der Waals surface area contributed by atoms with Gasteiger partial charge in [-0.05, 0) is 51.4 Å². The normalized spacial score (nSPS) is 17.3. The standard InChI is InChI=1S/C16H23NO2/c1-14(18)15-8-11-17(12-9-15)10-5-13-19-16-6-3-2-4-7-16/h2-4,6-7,15H,5,8-13H2,1H3. The first-order valence-corrected chi connectivity index (χ1v) is 7.16. The van der Waals surface area contributed by atoms with Crippen molar-refractivity contribution in [1.29, 1.82) is 0 Å². The number of ketones is 1. The Kier molecular flexibility index (Phi) is 5.40. The molecule has 0 amide bonds. The average molecular weight is 261 g/mol. The minimum absolute atomic E-state index is 0.303. The third-order valence-electron chi connectivity index (χ3n) is 3.79. The highest BCUT2D eigenvalue weighted by Gasteiger charge is 2.21. The number of rotatable bonds is 6. The zero-order chi connectivity index (χ0) is 13.5. The molecule has 1 aromatic carbocycles. The van der Waals surface area contributed by atoms with Crippen LogP contribution in [0.3, 0.4) is 0 Å². The Hall–Kier alpha value is -1.35. The number of carbonyl (C=O) groups is 1. The van der Waals surface area contributed by atoms with Crippen LogP contribution < -0.4 is 4.74 Å². The van der Waals surface area contributed by atoms with E-state index in [2.05, 4.69) is 4.90 Å². The number of hydrogen-bond donors (Lipinski definition) is 0. The summed E-state index contributed by atoms with van der Waals surface area (Å²) >= 11 is 0. The maximum atomic E-state index is 11.3. The van der Waals surface area contributed by atoms with Crippen LogP contribution in [-0.4, -0.2) is 36.9 Å². The molecule has 0 unspecified atom stereocenters. The van der Waals surface area contributed by atoms with Gasteiger partial charge in [0.15, 0.2) is 0 Å². The minimum Gasteiger partial charge on any atom is -0.494 e. The molecule has 2 rings (SSSR count). The number of para-hydroxylation sites is 1. The summed E-state index contributed by atoms with van der Waals surface area (Å²) in [6.45, 7) is 5.65. The summed E-state index contributed by atoms with van der Waals surface area (Å²) in [5, 5.41) is 0. The summed E-state index contributed by atoms with van der Waals surface area (Å²) < 4.78 is 5.68. The highest BCUT2D eigenvalue weighted by Crippen LogP contribution is 2.18. The summed E-state index contributed by atoms with van der Waals surface area (Å²) in [5.74, 6) is 1.60. The van der Waals surface area contributed by atoms with Gasteiger partial charge < -0.3 is 9.64 Å². The van der Waals surface area contributed by atoms with Crippen LogP contribution in [0.4, 0.5) is 0 Å². The van der Waals surface area contributed by atoms with E-state index in [4.69, 9.17) is 4.74 Å². The lowest BCUT2D eigenvalue weighted by molar-refractivity contribution is -0.122. The van der Waals surface area contributed by atoms with Gasteiger partial charge in [-0.25, -0.2) is 0 Å². The van der Waals surface area contributed by atoms with Crippen LogP contribution in [0.2, 0.25) is 0 Å². The highest BCUT2D eigenvalue weighted by atomic mass is 16.5. The van der Waals surface area contributed by atoms with Crippen LogP contribution in [0.15, 0.2) is 30.3 Å². The monoisotopic (exact) mass is 261 g/mol. The van der Waals surface area contributed by atoms with Crippen molar-refractivity contribution in [2.24, 2.45) is 5.92 Å². The molecule has 1 fully saturated rings. The first-order chi connectivity index (χ1) is 9.25. The third kappa shape index (κ3) is 4.67. The van der Waals surface area contributed by atoms with Gasteiger partial charge in [-0.3, -0.25) is 4.79 Å². The van der Waals surface area contributed by atoms with Crippen LogP contribution in [-0.2, 0) is 4.79 Å². The molecule has 0 aliphatic carbocycles. The van der Waals surface area contributed by atoms with Gasteiger partial charge in [0.2, 0.25) is 0 Å². The van der Waals surface area contributed by atoms with Crippen molar-refractivity contribution >= 4 is 5.78 Å². The van der Waals surface area contributed by atoms with E-state index in [0.717, 1.165) is 51.3 Å². The predicted molar refractivity (Wildman–Crippen MR) is 76.4 cm³/mol. The molecule has 104 valence electrons. The van der Waals surface area contributed by atoms with E-state index < -0.39 is 0 Å². The second-order valence-corrected chi connectivity index (χ2v) is 5.24. The number of ether oxygens (including phenoxy) is 1. The van der Waals surface area contributed by atoms with Crippen LogP contribution in [0.5, 0.6) is 5.75 Å². The summed E-state index contributed by atoms with van der Waals surface area (Å²) in [6, 6.07) is 9.94. The average Bonchev–Trinajstić information content (AvgIpc) is 2.45. The molecule has 1 aliphatic rings. The lowest BCUT2D eigenvalue weighted by Crippen LogP contribution is -2.36. The number of Topliss-reactive ketones (excluding diaryl/α,β-unsaturated/α-hetero) is 1. The Labute approximate surface area is 115 Å². The van der Waals surface area contributed by atoms with Crippen molar-refractivity contribution in [3.63, 3.8) is 0 Å². The number of likely N-dealkylation sites (tertiary alicyclic amines) is 1. The lowest BCUT2D eigenvalue weighted by atomic mass is 9.93. The van der Waals surface area contributed by atoms with E-state index in [1.807, 2.05) is 30.3 Å². The Balaban J connectivity index is 1.58. The number of benzene rings is 1. The van der Waals surface area contributed by atoms with E-state index in [9.17, 15) is 4.79 Å². The van der Waals surface area contributed by atoms with E-state index in [1.54, 1.807) is 6.92 Å². The third-order valence-corrected chi connectivity index (χ3v) is 3.79. The van der Waals surface area contributed by atoms with Gasteiger partial charge in [0.05, 0.1) is 6.61 Å². The first kappa shape index (κ1) is 14.1. The molecular formula is C16H23NO2. The lowest BCUT2D eigenvalue weighted by Gasteiger charge is -2.30. The van der Waals surface area contributed by atoms with Crippen molar-refractivity contribution in [3.8, 4) is 5.75 Å². The van der Waals surface area contributed by atoms with Gasteiger partial charge in [0.25, 0.3) is 0 Å². The molecule has 3 heteroatoms. The quantitative estimate of drug-likeness (QED) is 0.737. The van der Waals surface area contributed by atoms with E-state index in [0.29, 0.717) is 11.7 Å². The van der Waals surface area contributed by atoms with E-state index in [-0.39, 0.29) is 0 Å². The second-order valence-electron chi connectivity index (χ2n) is 5.24. The minimum atomic E-state index is 0.303. The molecule has 3 nitrogen and oxygen atoms in total. The molecule has 1 aromatic rings. The number of hydrogen-bond acceptors (Lipinski definition) is 3. The molecule has 1 heterocycles. The largest absolute Gasteiger partial charge is 0.494 e. The predicted octanol–water partition coefficient (Wildman–Crippen LogP) is 2.76. The molecule has 19 heavy (non-hydrogen) atoms. The van der Waals surface area contributed by atoms with Crippen LogP contribution >= 0.6 is 0 Å². The fourth-order valence-corrected chi connectivity index (χ4v) is 2.56. The molecule has 0 atom stereocenters.